The Morgan fingerprint density at radius 3 is 2.64 bits per heavy atom. The molecule has 1 aromatic carbocycles. The first-order chi connectivity index (χ1) is 11.7. The van der Waals surface area contributed by atoms with Crippen LogP contribution in [0, 0.1) is 0 Å². The van der Waals surface area contributed by atoms with E-state index in [0.29, 0.717) is 18.4 Å². The summed E-state index contributed by atoms with van der Waals surface area (Å²) in [6, 6.07) is 4.69. The van der Waals surface area contributed by atoms with Crippen molar-refractivity contribution in [2.45, 2.75) is 37.4 Å². The largest absolute Gasteiger partial charge is 0.416 e. The SMILES string of the molecule is O=C(Nc1cnn(CC(F)F)c1)C1(c2cccc(C(F)(F)F)c2)CC1. The van der Waals surface area contributed by atoms with Crippen LogP contribution in [0.1, 0.15) is 24.0 Å². The van der Waals surface area contributed by atoms with Crippen molar-refractivity contribution in [3.05, 3.63) is 47.8 Å². The van der Waals surface area contributed by atoms with Crippen molar-refractivity contribution < 1.29 is 26.7 Å². The lowest BCUT2D eigenvalue weighted by Gasteiger charge is -2.17. The molecule has 0 atom stereocenters. The minimum atomic E-state index is -4.49. The molecule has 0 radical (unpaired) electrons. The summed E-state index contributed by atoms with van der Waals surface area (Å²) >= 11 is 0. The van der Waals surface area contributed by atoms with Gasteiger partial charge in [0.15, 0.2) is 0 Å². The van der Waals surface area contributed by atoms with Crippen molar-refractivity contribution in [1.29, 1.82) is 0 Å². The standard InChI is InChI=1S/C16H14F5N3O/c17-13(18)9-24-8-12(7-22-24)23-14(25)15(4-5-15)10-2-1-3-11(6-10)16(19,20)21/h1-3,6-8,13H,4-5,9H2,(H,23,25). The second-order valence-electron chi connectivity index (χ2n) is 5.96. The second-order valence-corrected chi connectivity index (χ2v) is 5.96. The predicted molar refractivity (Wildman–Crippen MR) is 79.2 cm³/mol. The van der Waals surface area contributed by atoms with Crippen LogP contribution in [-0.4, -0.2) is 22.1 Å². The normalized spacial score (nSPS) is 16.1. The Morgan fingerprint density at radius 1 is 1.32 bits per heavy atom. The van der Waals surface area contributed by atoms with Gasteiger partial charge in [-0.05, 0) is 24.5 Å². The molecular weight excluding hydrogens is 345 g/mol. The van der Waals surface area contributed by atoms with Crippen LogP contribution in [0.3, 0.4) is 0 Å². The van der Waals surface area contributed by atoms with E-state index in [-0.39, 0.29) is 5.69 Å². The van der Waals surface area contributed by atoms with E-state index in [1.807, 2.05) is 0 Å². The van der Waals surface area contributed by atoms with Crippen LogP contribution in [-0.2, 0) is 22.9 Å². The van der Waals surface area contributed by atoms with Crippen molar-refractivity contribution in [3.63, 3.8) is 0 Å². The number of nitrogens with zero attached hydrogens (tertiary/aromatic N) is 2. The van der Waals surface area contributed by atoms with E-state index in [9.17, 15) is 26.7 Å². The van der Waals surface area contributed by atoms with Gasteiger partial charge < -0.3 is 5.32 Å². The number of benzene rings is 1. The van der Waals surface area contributed by atoms with Gasteiger partial charge in [-0.3, -0.25) is 9.48 Å². The Labute approximate surface area is 139 Å². The zero-order chi connectivity index (χ0) is 18.2. The Morgan fingerprint density at radius 2 is 2.04 bits per heavy atom. The summed E-state index contributed by atoms with van der Waals surface area (Å²) in [6.45, 7) is -0.603. The van der Waals surface area contributed by atoms with Gasteiger partial charge in [-0.2, -0.15) is 18.3 Å². The van der Waals surface area contributed by atoms with Crippen LogP contribution in [0.25, 0.3) is 0 Å². The van der Waals surface area contributed by atoms with Crippen molar-refractivity contribution in [2.24, 2.45) is 0 Å². The second kappa shape index (κ2) is 6.12. The van der Waals surface area contributed by atoms with Crippen LogP contribution >= 0.6 is 0 Å². The van der Waals surface area contributed by atoms with Crippen molar-refractivity contribution in [3.8, 4) is 0 Å². The molecule has 1 N–H and O–H groups in total. The van der Waals surface area contributed by atoms with E-state index in [2.05, 4.69) is 10.4 Å². The fourth-order valence-corrected chi connectivity index (χ4v) is 2.69. The number of carbonyl (C=O) groups is 1. The van der Waals surface area contributed by atoms with Gasteiger partial charge in [-0.15, -0.1) is 0 Å². The number of halogens is 5. The van der Waals surface area contributed by atoms with E-state index in [1.165, 1.54) is 24.5 Å². The molecule has 1 saturated carbocycles. The van der Waals surface area contributed by atoms with Crippen molar-refractivity contribution in [1.82, 2.24) is 9.78 Å². The zero-order valence-electron chi connectivity index (χ0n) is 12.9. The maximum Gasteiger partial charge on any atom is 0.416 e. The van der Waals surface area contributed by atoms with E-state index in [0.717, 1.165) is 16.8 Å². The average molecular weight is 359 g/mol. The van der Waals surface area contributed by atoms with Gasteiger partial charge in [0.05, 0.1) is 22.9 Å². The van der Waals surface area contributed by atoms with Crippen molar-refractivity contribution in [2.75, 3.05) is 5.32 Å². The third-order valence-corrected chi connectivity index (χ3v) is 4.14. The first kappa shape index (κ1) is 17.4. The molecule has 1 aliphatic carbocycles. The molecule has 134 valence electrons. The lowest BCUT2D eigenvalue weighted by Crippen LogP contribution is -2.28. The molecule has 1 aliphatic rings. The molecule has 1 amide bonds. The highest BCUT2D eigenvalue weighted by molar-refractivity contribution is 6.01. The third kappa shape index (κ3) is 3.64. The number of alkyl halides is 5. The number of hydrogen-bond acceptors (Lipinski definition) is 2. The number of anilines is 1. The summed E-state index contributed by atoms with van der Waals surface area (Å²) in [6.07, 6.45) is -3.74. The lowest BCUT2D eigenvalue weighted by molar-refractivity contribution is -0.137. The molecular formula is C16H14F5N3O. The maximum atomic E-state index is 12.9. The zero-order valence-corrected chi connectivity index (χ0v) is 12.9. The molecule has 0 unspecified atom stereocenters. The quantitative estimate of drug-likeness (QED) is 0.825. The molecule has 3 rings (SSSR count). The summed E-state index contributed by atoms with van der Waals surface area (Å²) in [5.74, 6) is -0.469. The molecule has 2 aromatic rings. The molecule has 9 heteroatoms. The van der Waals surface area contributed by atoms with Gasteiger partial charge >= 0.3 is 6.18 Å². The van der Waals surface area contributed by atoms with Gasteiger partial charge in [0.2, 0.25) is 5.91 Å². The number of amides is 1. The highest BCUT2D eigenvalue weighted by Crippen LogP contribution is 2.49. The summed E-state index contributed by atoms with van der Waals surface area (Å²) < 4.78 is 64.2. The topological polar surface area (TPSA) is 46.9 Å². The maximum absolute atomic E-state index is 12.9. The van der Waals surface area contributed by atoms with Crippen LogP contribution in [0.2, 0.25) is 0 Å². The van der Waals surface area contributed by atoms with Crippen LogP contribution in [0.15, 0.2) is 36.7 Å². The van der Waals surface area contributed by atoms with Crippen LogP contribution < -0.4 is 5.32 Å². The summed E-state index contributed by atoms with van der Waals surface area (Å²) in [5, 5.41) is 6.25. The molecule has 0 saturated heterocycles. The molecule has 25 heavy (non-hydrogen) atoms. The number of hydrogen-bond donors (Lipinski definition) is 1. The van der Waals surface area contributed by atoms with Crippen LogP contribution in [0.4, 0.5) is 27.6 Å². The molecule has 1 fully saturated rings. The Hall–Kier alpha value is -2.45. The highest BCUT2D eigenvalue weighted by Gasteiger charge is 2.52. The Kier molecular flexibility index (Phi) is 4.26. The third-order valence-electron chi connectivity index (χ3n) is 4.14. The fraction of sp³-hybridized carbons (Fsp3) is 0.375. The summed E-state index contributed by atoms with van der Waals surface area (Å²) in [7, 11) is 0. The number of carbonyl (C=O) groups excluding carboxylic acids is 1. The predicted octanol–water partition coefficient (Wildman–Crippen LogP) is 3.84. The first-order valence-electron chi connectivity index (χ1n) is 7.50. The Bertz CT molecular complexity index is 780. The molecule has 1 aromatic heterocycles. The minimum Gasteiger partial charge on any atom is -0.323 e. The molecule has 0 bridgehead atoms. The lowest BCUT2D eigenvalue weighted by atomic mass is 9.93. The minimum absolute atomic E-state index is 0.226. The van der Waals surface area contributed by atoms with E-state index in [1.54, 1.807) is 0 Å². The van der Waals surface area contributed by atoms with Crippen molar-refractivity contribution >= 4 is 11.6 Å². The van der Waals surface area contributed by atoms with Gasteiger partial charge in [0.25, 0.3) is 6.43 Å². The van der Waals surface area contributed by atoms with Gasteiger partial charge in [-0.25, -0.2) is 8.78 Å². The molecule has 4 nitrogen and oxygen atoms in total. The number of nitrogens with one attached hydrogen (secondary N) is 1. The molecule has 1 heterocycles. The average Bonchev–Trinajstić information content (AvgIpc) is 3.24. The molecule has 0 spiro atoms. The smallest absolute Gasteiger partial charge is 0.323 e. The van der Waals surface area contributed by atoms with Gasteiger partial charge in [0, 0.05) is 6.20 Å². The molecule has 0 aliphatic heterocycles. The van der Waals surface area contributed by atoms with Gasteiger partial charge in [0.1, 0.15) is 6.54 Å². The van der Waals surface area contributed by atoms with Gasteiger partial charge in [-0.1, -0.05) is 18.2 Å². The van der Waals surface area contributed by atoms with E-state index in [4.69, 9.17) is 0 Å². The monoisotopic (exact) mass is 359 g/mol. The van der Waals surface area contributed by atoms with Crippen LogP contribution in [0.5, 0.6) is 0 Å². The van der Waals surface area contributed by atoms with E-state index >= 15 is 0 Å². The summed E-state index contributed by atoms with van der Waals surface area (Å²) in [5.41, 5.74) is -1.32. The fourth-order valence-electron chi connectivity index (χ4n) is 2.69. The number of aromatic nitrogens is 2. The first-order valence-corrected chi connectivity index (χ1v) is 7.50. The Balaban J connectivity index is 1.77. The number of rotatable bonds is 5. The van der Waals surface area contributed by atoms with E-state index < -0.39 is 36.0 Å². The summed E-state index contributed by atoms with van der Waals surface area (Å²) in [4.78, 5) is 12.5. The highest BCUT2D eigenvalue weighted by atomic mass is 19.4.